The highest BCUT2D eigenvalue weighted by molar-refractivity contribution is 6.07. The maximum absolute atomic E-state index is 12.5. The molecule has 0 aliphatic heterocycles. The van der Waals surface area contributed by atoms with Crippen molar-refractivity contribution in [1.82, 2.24) is 10.7 Å². The van der Waals surface area contributed by atoms with Gasteiger partial charge >= 0.3 is 5.97 Å². The van der Waals surface area contributed by atoms with Crippen molar-refractivity contribution in [3.05, 3.63) is 108 Å². The molecule has 2 amide bonds. The molecule has 0 aromatic heterocycles. The Morgan fingerprint density at radius 3 is 2.28 bits per heavy atom. The predicted octanol–water partition coefficient (Wildman–Crippen LogP) is 3.95. The summed E-state index contributed by atoms with van der Waals surface area (Å²) >= 11 is 0. The molecule has 0 unspecified atom stereocenters. The van der Waals surface area contributed by atoms with Crippen LogP contribution >= 0.6 is 0 Å². The average Bonchev–Trinajstić information content (AvgIpc) is 2.92. The van der Waals surface area contributed by atoms with Gasteiger partial charge in [0.15, 0.2) is 0 Å². The second kappa shape index (κ2) is 11.4. The number of rotatable bonds is 8. The molecule has 0 heterocycles. The second-order valence-corrected chi connectivity index (χ2v) is 7.69. The number of fused-ring (bicyclic) bond motifs is 1. The molecule has 180 valence electrons. The number of ether oxygens (including phenoxy) is 2. The predicted molar refractivity (Wildman–Crippen MR) is 136 cm³/mol. The van der Waals surface area contributed by atoms with Gasteiger partial charge in [0.1, 0.15) is 11.5 Å². The van der Waals surface area contributed by atoms with Crippen molar-refractivity contribution in [3.8, 4) is 11.5 Å². The summed E-state index contributed by atoms with van der Waals surface area (Å²) in [5, 5.41) is 8.26. The van der Waals surface area contributed by atoms with Gasteiger partial charge in [0.05, 0.1) is 25.4 Å². The minimum Gasteiger partial charge on any atom is -0.497 e. The fraction of sp³-hybridized carbons (Fsp3) is 0.0714. The number of amides is 2. The van der Waals surface area contributed by atoms with Crippen LogP contribution in [0.5, 0.6) is 11.5 Å². The van der Waals surface area contributed by atoms with Gasteiger partial charge in [-0.3, -0.25) is 9.59 Å². The zero-order chi connectivity index (χ0) is 25.3. The molecule has 0 aliphatic rings. The number of methoxy groups -OCH3 is 1. The highest BCUT2D eigenvalue weighted by Gasteiger charge is 2.11. The normalized spacial score (nSPS) is 10.7. The first-order chi connectivity index (χ1) is 17.5. The maximum atomic E-state index is 12.5. The van der Waals surface area contributed by atoms with E-state index in [1.54, 1.807) is 67.8 Å². The van der Waals surface area contributed by atoms with Crippen LogP contribution in [0, 0.1) is 0 Å². The van der Waals surface area contributed by atoms with Crippen molar-refractivity contribution in [3.63, 3.8) is 0 Å². The highest BCUT2D eigenvalue weighted by Crippen LogP contribution is 2.18. The zero-order valence-electron chi connectivity index (χ0n) is 19.4. The molecule has 0 atom stereocenters. The smallest absolute Gasteiger partial charge is 0.343 e. The lowest BCUT2D eigenvalue weighted by molar-refractivity contribution is -0.120. The summed E-state index contributed by atoms with van der Waals surface area (Å²) in [6.45, 7) is -0.223. The lowest BCUT2D eigenvalue weighted by Gasteiger charge is -2.07. The largest absolute Gasteiger partial charge is 0.497 e. The molecule has 4 aromatic rings. The van der Waals surface area contributed by atoms with Gasteiger partial charge in [-0.1, -0.05) is 36.4 Å². The van der Waals surface area contributed by atoms with E-state index >= 15 is 0 Å². The summed E-state index contributed by atoms with van der Waals surface area (Å²) < 4.78 is 10.4. The van der Waals surface area contributed by atoms with Gasteiger partial charge in [0, 0.05) is 5.56 Å². The third kappa shape index (κ3) is 6.12. The van der Waals surface area contributed by atoms with E-state index in [4.69, 9.17) is 9.47 Å². The summed E-state index contributed by atoms with van der Waals surface area (Å²) in [7, 11) is 1.55. The molecule has 0 aliphatic carbocycles. The van der Waals surface area contributed by atoms with Crippen LogP contribution in [-0.4, -0.2) is 37.7 Å². The average molecular weight is 482 g/mol. The van der Waals surface area contributed by atoms with Crippen LogP contribution in [-0.2, 0) is 4.79 Å². The first-order valence-electron chi connectivity index (χ1n) is 11.1. The Labute approximate surface area is 207 Å². The molecule has 0 saturated heterocycles. The molecule has 0 fully saturated rings. The zero-order valence-corrected chi connectivity index (χ0v) is 19.4. The molecular weight excluding hydrogens is 458 g/mol. The summed E-state index contributed by atoms with van der Waals surface area (Å²) in [4.78, 5) is 36.8. The third-order valence-electron chi connectivity index (χ3n) is 5.26. The van der Waals surface area contributed by atoms with E-state index < -0.39 is 11.9 Å². The Morgan fingerprint density at radius 2 is 1.53 bits per heavy atom. The van der Waals surface area contributed by atoms with Crippen LogP contribution < -0.4 is 20.2 Å². The van der Waals surface area contributed by atoms with Crippen LogP contribution in [0.1, 0.15) is 26.3 Å². The van der Waals surface area contributed by atoms with Crippen molar-refractivity contribution in [1.29, 1.82) is 0 Å². The van der Waals surface area contributed by atoms with Crippen molar-refractivity contribution < 1.29 is 23.9 Å². The molecule has 0 saturated carbocycles. The lowest BCUT2D eigenvalue weighted by Crippen LogP contribution is -2.35. The van der Waals surface area contributed by atoms with E-state index in [0.717, 1.165) is 10.8 Å². The fourth-order valence-electron chi connectivity index (χ4n) is 3.41. The van der Waals surface area contributed by atoms with E-state index in [1.165, 1.54) is 6.21 Å². The van der Waals surface area contributed by atoms with E-state index in [0.29, 0.717) is 28.2 Å². The van der Waals surface area contributed by atoms with Crippen LogP contribution in [0.25, 0.3) is 10.8 Å². The molecule has 0 radical (unpaired) electrons. The molecule has 8 nitrogen and oxygen atoms in total. The van der Waals surface area contributed by atoms with Gasteiger partial charge in [0.2, 0.25) is 0 Å². The number of benzene rings is 4. The van der Waals surface area contributed by atoms with Gasteiger partial charge < -0.3 is 14.8 Å². The van der Waals surface area contributed by atoms with E-state index in [-0.39, 0.29) is 12.5 Å². The Kier molecular flexibility index (Phi) is 7.67. The van der Waals surface area contributed by atoms with Crippen molar-refractivity contribution in [2.45, 2.75) is 0 Å². The van der Waals surface area contributed by atoms with Crippen molar-refractivity contribution >= 4 is 34.8 Å². The SMILES string of the molecule is COc1ccc(C(=O)Oc2ccc(/C=N\NC(=O)CNC(=O)c3cccc4ccccc34)cc2)cc1. The number of hydrazone groups is 1. The number of esters is 1. The van der Waals surface area contributed by atoms with E-state index in [1.807, 2.05) is 30.3 Å². The number of carbonyl (C=O) groups excluding carboxylic acids is 3. The fourth-order valence-corrected chi connectivity index (χ4v) is 3.41. The van der Waals surface area contributed by atoms with E-state index in [9.17, 15) is 14.4 Å². The third-order valence-corrected chi connectivity index (χ3v) is 5.26. The molecule has 0 spiro atoms. The Bertz CT molecular complexity index is 1410. The number of nitrogens with one attached hydrogen (secondary N) is 2. The summed E-state index contributed by atoms with van der Waals surface area (Å²) in [5.74, 6) is -0.282. The molecule has 0 bridgehead atoms. The standard InChI is InChI=1S/C28H23N3O5/c1-35-22-15-11-21(12-16-22)28(34)36-23-13-9-19(10-14-23)17-30-31-26(32)18-29-27(33)25-8-4-6-20-5-2-3-7-24(20)25/h2-17H,18H2,1H3,(H,29,33)(H,31,32)/b30-17-. The molecular formula is C28H23N3O5. The summed E-state index contributed by atoms with van der Waals surface area (Å²) in [5.41, 5.74) is 3.95. The van der Waals surface area contributed by atoms with Crippen LogP contribution in [0.15, 0.2) is 96.1 Å². The van der Waals surface area contributed by atoms with Crippen molar-refractivity contribution in [2.75, 3.05) is 13.7 Å². The van der Waals surface area contributed by atoms with Gasteiger partial charge in [-0.25, -0.2) is 10.2 Å². The van der Waals surface area contributed by atoms with Gasteiger partial charge in [-0.15, -0.1) is 0 Å². The van der Waals surface area contributed by atoms with Gasteiger partial charge in [-0.2, -0.15) is 5.10 Å². The van der Waals surface area contributed by atoms with Crippen LogP contribution in [0.4, 0.5) is 0 Å². The molecule has 36 heavy (non-hydrogen) atoms. The molecule has 8 heteroatoms. The second-order valence-electron chi connectivity index (χ2n) is 7.69. The maximum Gasteiger partial charge on any atom is 0.343 e. The van der Waals surface area contributed by atoms with Crippen LogP contribution in [0.3, 0.4) is 0 Å². The van der Waals surface area contributed by atoms with Crippen LogP contribution in [0.2, 0.25) is 0 Å². The minimum absolute atomic E-state index is 0.223. The van der Waals surface area contributed by atoms with Gasteiger partial charge in [-0.05, 0) is 70.9 Å². The first-order valence-corrected chi connectivity index (χ1v) is 11.1. The van der Waals surface area contributed by atoms with E-state index in [2.05, 4.69) is 15.8 Å². The lowest BCUT2D eigenvalue weighted by atomic mass is 10.0. The number of nitrogens with zero attached hydrogens (tertiary/aromatic N) is 1. The van der Waals surface area contributed by atoms with Crippen molar-refractivity contribution in [2.24, 2.45) is 5.10 Å². The Morgan fingerprint density at radius 1 is 0.833 bits per heavy atom. The molecule has 4 rings (SSSR count). The first kappa shape index (κ1) is 24.2. The summed E-state index contributed by atoms with van der Waals surface area (Å²) in [6.07, 6.45) is 1.44. The number of carbonyl (C=O) groups is 3. The number of hydrogen-bond donors (Lipinski definition) is 2. The minimum atomic E-state index is -0.489. The Hall–Kier alpha value is -4.98. The highest BCUT2D eigenvalue weighted by atomic mass is 16.5. The monoisotopic (exact) mass is 481 g/mol. The van der Waals surface area contributed by atoms with Gasteiger partial charge in [0.25, 0.3) is 11.8 Å². The quantitative estimate of drug-likeness (QED) is 0.172. The molecule has 2 N–H and O–H groups in total. The topological polar surface area (TPSA) is 106 Å². The summed E-state index contributed by atoms with van der Waals surface area (Å²) in [6, 6.07) is 26.2. The number of hydrogen-bond acceptors (Lipinski definition) is 6. The molecule has 4 aromatic carbocycles. The Balaban J connectivity index is 1.25.